The van der Waals surface area contributed by atoms with Gasteiger partial charge in [0, 0.05) is 44.0 Å². The molecule has 0 saturated carbocycles. The summed E-state index contributed by atoms with van der Waals surface area (Å²) in [6.07, 6.45) is 0.756. The monoisotopic (exact) mass is 630 g/mol. The molecule has 46 heavy (non-hydrogen) atoms. The molecule has 2 aliphatic heterocycles. The lowest BCUT2D eigenvalue weighted by Crippen LogP contribution is -2.44. The van der Waals surface area contributed by atoms with Crippen LogP contribution in [0.5, 0.6) is 0 Å². The molecule has 5 rings (SSSR count). The Morgan fingerprint density at radius 1 is 0.978 bits per heavy atom. The van der Waals surface area contributed by atoms with Crippen LogP contribution in [-0.2, 0) is 27.1 Å². The number of hydrogen-bond donors (Lipinski definition) is 1. The number of alkyl halides is 3. The SMILES string of the molecule is CN1CCN(CCC(=C=O)Cn2nc(C3=CC=CC(=C=O)N3CC(=O)Nc3cccc(C(F)(F)F)c3)cc2-c2ccccc2)CC1. The smallest absolute Gasteiger partial charge is 0.325 e. The number of piperazine rings is 1. The fourth-order valence-electron chi connectivity index (χ4n) is 5.35. The summed E-state index contributed by atoms with van der Waals surface area (Å²) < 4.78 is 41.3. The van der Waals surface area contributed by atoms with Gasteiger partial charge in [-0.2, -0.15) is 18.3 Å². The first-order valence-electron chi connectivity index (χ1n) is 14.8. The molecule has 0 atom stereocenters. The van der Waals surface area contributed by atoms with Crippen LogP contribution in [0.25, 0.3) is 17.0 Å². The number of amides is 1. The molecule has 0 bridgehead atoms. The molecule has 1 fully saturated rings. The molecule has 238 valence electrons. The Kier molecular flexibility index (Phi) is 10.1. The summed E-state index contributed by atoms with van der Waals surface area (Å²) in [7, 11) is 2.09. The average molecular weight is 631 g/mol. The molecule has 1 amide bonds. The van der Waals surface area contributed by atoms with Crippen molar-refractivity contribution < 1.29 is 27.6 Å². The Bertz CT molecular complexity index is 1730. The number of nitrogens with zero attached hydrogens (tertiary/aromatic N) is 5. The molecular formula is C34H33F3N6O3. The van der Waals surface area contributed by atoms with Gasteiger partial charge in [0.25, 0.3) is 0 Å². The number of hydrogen-bond acceptors (Lipinski definition) is 7. The highest BCUT2D eigenvalue weighted by atomic mass is 19.4. The van der Waals surface area contributed by atoms with Crippen LogP contribution in [0.4, 0.5) is 18.9 Å². The summed E-state index contributed by atoms with van der Waals surface area (Å²) >= 11 is 0. The van der Waals surface area contributed by atoms with E-state index in [4.69, 9.17) is 5.10 Å². The fraction of sp³-hybridized carbons (Fsp3) is 0.294. The second kappa shape index (κ2) is 14.4. The second-order valence-electron chi connectivity index (χ2n) is 11.2. The maximum Gasteiger partial charge on any atom is 0.416 e. The third kappa shape index (κ3) is 7.99. The van der Waals surface area contributed by atoms with Crippen molar-refractivity contribution in [1.29, 1.82) is 0 Å². The van der Waals surface area contributed by atoms with Crippen LogP contribution >= 0.6 is 0 Å². The molecule has 2 aromatic carbocycles. The van der Waals surface area contributed by atoms with Crippen LogP contribution < -0.4 is 5.32 Å². The Labute approximate surface area is 264 Å². The Balaban J connectivity index is 1.39. The zero-order chi connectivity index (χ0) is 32.7. The van der Waals surface area contributed by atoms with E-state index in [2.05, 4.69) is 28.1 Å². The molecule has 12 heteroatoms. The first kappa shape index (κ1) is 32.4. The number of halogens is 3. The molecule has 2 aliphatic rings. The van der Waals surface area contributed by atoms with E-state index in [9.17, 15) is 27.6 Å². The molecular weight excluding hydrogens is 597 g/mol. The normalized spacial score (nSPS) is 15.7. The first-order valence-corrected chi connectivity index (χ1v) is 14.8. The molecule has 0 spiro atoms. The minimum atomic E-state index is -4.57. The van der Waals surface area contributed by atoms with Crippen molar-refractivity contribution >= 4 is 29.2 Å². The maximum atomic E-state index is 13.2. The van der Waals surface area contributed by atoms with E-state index in [0.29, 0.717) is 29.1 Å². The zero-order valence-corrected chi connectivity index (χ0v) is 25.3. The van der Waals surface area contributed by atoms with Crippen molar-refractivity contribution in [1.82, 2.24) is 24.5 Å². The van der Waals surface area contributed by atoms with E-state index in [1.807, 2.05) is 42.3 Å². The lowest BCUT2D eigenvalue weighted by molar-refractivity contribution is -0.137. The molecule has 1 aromatic heterocycles. The molecule has 0 aliphatic carbocycles. The molecule has 3 aromatic rings. The van der Waals surface area contributed by atoms with E-state index in [0.717, 1.165) is 50.4 Å². The van der Waals surface area contributed by atoms with Gasteiger partial charge in [-0.15, -0.1) is 0 Å². The minimum Gasteiger partial charge on any atom is -0.325 e. The van der Waals surface area contributed by atoms with E-state index >= 15 is 0 Å². The number of rotatable bonds is 10. The summed E-state index contributed by atoms with van der Waals surface area (Å²) in [5, 5.41) is 7.29. The minimum absolute atomic E-state index is 0.0325. The highest BCUT2D eigenvalue weighted by molar-refractivity contribution is 5.94. The molecule has 9 nitrogen and oxygen atoms in total. The van der Waals surface area contributed by atoms with Gasteiger partial charge in [-0.1, -0.05) is 42.5 Å². The van der Waals surface area contributed by atoms with Gasteiger partial charge in [0.15, 0.2) is 5.94 Å². The number of likely N-dealkylation sites (N-methyl/N-ethyl adjacent to an activating group) is 1. The van der Waals surface area contributed by atoms with Crippen molar-refractivity contribution in [3.8, 4) is 11.3 Å². The number of aromatic nitrogens is 2. The highest BCUT2D eigenvalue weighted by Crippen LogP contribution is 2.32. The van der Waals surface area contributed by atoms with E-state index in [1.165, 1.54) is 23.1 Å². The fourth-order valence-corrected chi connectivity index (χ4v) is 5.35. The summed E-state index contributed by atoms with van der Waals surface area (Å²) in [5.41, 5.74) is 2.06. The third-order valence-electron chi connectivity index (χ3n) is 7.89. The third-order valence-corrected chi connectivity index (χ3v) is 7.89. The standard InChI is InChI=1S/C34H33F3N6O3/c1-40-15-17-41(18-16-40)14-13-25(23-44)21-43-32(26-7-3-2-4-8-26)20-30(39-43)31-12-6-11-29(24-45)42(31)22-33(46)38-28-10-5-9-27(19-28)34(35,36)37/h2-12,19-20H,13-18,21-22H2,1H3,(H,38,46). The summed E-state index contributed by atoms with van der Waals surface area (Å²) in [6, 6.07) is 15.6. The number of carbonyl (C=O) groups excluding carboxylic acids is 3. The lowest BCUT2D eigenvalue weighted by Gasteiger charge is -2.32. The average Bonchev–Trinajstić information content (AvgIpc) is 3.47. The molecule has 1 N–H and O–H groups in total. The Morgan fingerprint density at radius 2 is 1.74 bits per heavy atom. The largest absolute Gasteiger partial charge is 0.416 e. The molecule has 0 unspecified atom stereocenters. The van der Waals surface area contributed by atoms with Gasteiger partial charge >= 0.3 is 6.18 Å². The zero-order valence-electron chi connectivity index (χ0n) is 25.3. The van der Waals surface area contributed by atoms with Crippen LogP contribution in [0.1, 0.15) is 17.7 Å². The number of allylic oxidation sites excluding steroid dienone is 3. The Morgan fingerprint density at radius 3 is 2.43 bits per heavy atom. The van der Waals surface area contributed by atoms with Crippen molar-refractivity contribution in [2.75, 3.05) is 51.6 Å². The van der Waals surface area contributed by atoms with Crippen LogP contribution in [0, 0.1) is 0 Å². The van der Waals surface area contributed by atoms with E-state index in [1.54, 1.807) is 16.8 Å². The predicted molar refractivity (Wildman–Crippen MR) is 169 cm³/mol. The number of anilines is 1. The van der Waals surface area contributed by atoms with Crippen LogP contribution in [0.2, 0.25) is 0 Å². The van der Waals surface area contributed by atoms with Crippen LogP contribution in [0.3, 0.4) is 0 Å². The van der Waals surface area contributed by atoms with E-state index in [-0.39, 0.29) is 17.9 Å². The highest BCUT2D eigenvalue weighted by Gasteiger charge is 2.31. The summed E-state index contributed by atoms with van der Waals surface area (Å²) in [5.74, 6) is 3.30. The molecule has 0 radical (unpaired) electrons. The second-order valence-corrected chi connectivity index (χ2v) is 11.2. The van der Waals surface area contributed by atoms with Gasteiger partial charge in [0.1, 0.15) is 23.9 Å². The van der Waals surface area contributed by atoms with Gasteiger partial charge < -0.3 is 20.0 Å². The van der Waals surface area contributed by atoms with E-state index < -0.39 is 24.2 Å². The summed E-state index contributed by atoms with van der Waals surface area (Å²) in [6.45, 7) is 4.31. The number of nitrogens with one attached hydrogen (secondary N) is 1. The molecule has 1 saturated heterocycles. The van der Waals surface area contributed by atoms with Crippen molar-refractivity contribution in [3.63, 3.8) is 0 Å². The van der Waals surface area contributed by atoms with Crippen molar-refractivity contribution in [2.45, 2.75) is 19.1 Å². The number of carbonyl (C=O) groups is 1. The van der Waals surface area contributed by atoms with Gasteiger partial charge in [-0.05, 0) is 55.4 Å². The number of benzene rings is 2. The molecule has 3 heterocycles. The Hall–Kier alpha value is -4.99. The maximum absolute atomic E-state index is 13.2. The predicted octanol–water partition coefficient (Wildman–Crippen LogP) is 4.53. The van der Waals surface area contributed by atoms with Gasteiger partial charge in [-0.3, -0.25) is 9.48 Å². The van der Waals surface area contributed by atoms with Gasteiger partial charge in [-0.25, -0.2) is 9.59 Å². The van der Waals surface area contributed by atoms with Crippen molar-refractivity contribution in [2.24, 2.45) is 0 Å². The van der Waals surface area contributed by atoms with Gasteiger partial charge in [0.05, 0.1) is 23.5 Å². The topological polar surface area (TPSA) is 90.8 Å². The quantitative estimate of drug-likeness (QED) is 0.330. The van der Waals surface area contributed by atoms with Crippen LogP contribution in [0.15, 0.2) is 90.2 Å². The van der Waals surface area contributed by atoms with Crippen molar-refractivity contribution in [3.05, 3.63) is 101 Å². The lowest BCUT2D eigenvalue weighted by atomic mass is 10.1. The van der Waals surface area contributed by atoms with Crippen LogP contribution in [-0.4, -0.2) is 88.6 Å². The summed E-state index contributed by atoms with van der Waals surface area (Å²) in [4.78, 5) is 43.0. The first-order chi connectivity index (χ1) is 22.1. The van der Waals surface area contributed by atoms with Gasteiger partial charge in [0.2, 0.25) is 5.91 Å².